The van der Waals surface area contributed by atoms with Gasteiger partial charge in [0.15, 0.2) is 5.75 Å². The number of nitrogens with zero attached hydrogens (tertiary/aromatic N) is 1. The standard InChI is InChI=1S/C13H17N3O4/c1-15-12(18)10-7-20-6-5-16(10)13(19)8-3-2-4-9(14)11(8)17/h2-4,10,17H,5-7,14H2,1H3,(H,15,18). The Morgan fingerprint density at radius 3 is 2.95 bits per heavy atom. The Labute approximate surface area is 116 Å². The molecule has 1 aliphatic rings. The number of morpholine rings is 1. The lowest BCUT2D eigenvalue weighted by atomic mass is 10.1. The van der Waals surface area contributed by atoms with Gasteiger partial charge in [-0.3, -0.25) is 9.59 Å². The smallest absolute Gasteiger partial charge is 0.258 e. The van der Waals surface area contributed by atoms with E-state index in [0.29, 0.717) is 6.61 Å². The summed E-state index contributed by atoms with van der Waals surface area (Å²) < 4.78 is 5.23. The molecule has 0 saturated carbocycles. The highest BCUT2D eigenvalue weighted by atomic mass is 16.5. The highest BCUT2D eigenvalue weighted by Gasteiger charge is 2.33. The molecule has 1 fully saturated rings. The number of carbonyl (C=O) groups excluding carboxylic acids is 2. The van der Waals surface area contributed by atoms with E-state index in [0.717, 1.165) is 0 Å². The van der Waals surface area contributed by atoms with Crippen molar-refractivity contribution in [2.75, 3.05) is 32.5 Å². The Morgan fingerprint density at radius 1 is 1.50 bits per heavy atom. The molecule has 0 aromatic heterocycles. The van der Waals surface area contributed by atoms with Crippen LogP contribution in [0, 0.1) is 0 Å². The fourth-order valence-electron chi connectivity index (χ4n) is 2.12. The van der Waals surface area contributed by atoms with Crippen LogP contribution in [0.4, 0.5) is 5.69 Å². The molecule has 108 valence electrons. The molecule has 1 saturated heterocycles. The zero-order chi connectivity index (χ0) is 14.7. The number of rotatable bonds is 2. The van der Waals surface area contributed by atoms with Crippen LogP contribution in [-0.4, -0.2) is 54.7 Å². The summed E-state index contributed by atoms with van der Waals surface area (Å²) in [6, 6.07) is 3.85. The number of nitrogen functional groups attached to an aromatic ring is 1. The van der Waals surface area contributed by atoms with Gasteiger partial charge in [-0.25, -0.2) is 0 Å². The van der Waals surface area contributed by atoms with E-state index < -0.39 is 11.9 Å². The zero-order valence-electron chi connectivity index (χ0n) is 11.1. The number of nitrogens with one attached hydrogen (secondary N) is 1. The largest absolute Gasteiger partial charge is 0.505 e. The molecule has 0 radical (unpaired) electrons. The first kappa shape index (κ1) is 14.1. The Hall–Kier alpha value is -2.28. The van der Waals surface area contributed by atoms with Gasteiger partial charge in [0.25, 0.3) is 5.91 Å². The van der Waals surface area contributed by atoms with E-state index in [1.165, 1.54) is 24.1 Å². The van der Waals surface area contributed by atoms with Crippen molar-refractivity contribution in [3.63, 3.8) is 0 Å². The molecular weight excluding hydrogens is 262 g/mol. The third-order valence-corrected chi connectivity index (χ3v) is 3.24. The van der Waals surface area contributed by atoms with Gasteiger partial charge in [-0.1, -0.05) is 6.07 Å². The number of amides is 2. The van der Waals surface area contributed by atoms with Gasteiger partial charge in [-0.2, -0.15) is 0 Å². The summed E-state index contributed by atoms with van der Waals surface area (Å²) in [5, 5.41) is 12.4. The highest BCUT2D eigenvalue weighted by molar-refractivity contribution is 6.01. The average molecular weight is 279 g/mol. The molecule has 0 aliphatic carbocycles. The van der Waals surface area contributed by atoms with E-state index in [2.05, 4.69) is 5.32 Å². The van der Waals surface area contributed by atoms with Crippen molar-refractivity contribution >= 4 is 17.5 Å². The quantitative estimate of drug-likeness (QED) is 0.503. The molecule has 7 heteroatoms. The van der Waals surface area contributed by atoms with Gasteiger partial charge in [0, 0.05) is 13.6 Å². The minimum absolute atomic E-state index is 0.0841. The number of carbonyl (C=O) groups is 2. The Bertz CT molecular complexity index is 532. The van der Waals surface area contributed by atoms with Gasteiger partial charge in [0.05, 0.1) is 24.5 Å². The van der Waals surface area contributed by atoms with E-state index in [1.54, 1.807) is 6.07 Å². The molecule has 1 heterocycles. The molecule has 1 atom stereocenters. The Kier molecular flexibility index (Phi) is 4.09. The number of hydrogen-bond donors (Lipinski definition) is 3. The zero-order valence-corrected chi connectivity index (χ0v) is 11.1. The number of aromatic hydroxyl groups is 1. The van der Waals surface area contributed by atoms with Crippen molar-refractivity contribution in [2.24, 2.45) is 0 Å². The number of para-hydroxylation sites is 1. The highest BCUT2D eigenvalue weighted by Crippen LogP contribution is 2.26. The van der Waals surface area contributed by atoms with Crippen LogP contribution in [0.2, 0.25) is 0 Å². The summed E-state index contributed by atoms with van der Waals surface area (Å²) in [7, 11) is 1.50. The van der Waals surface area contributed by atoms with Crippen LogP contribution in [0.5, 0.6) is 5.75 Å². The number of nitrogens with two attached hydrogens (primary N) is 1. The molecular formula is C13H17N3O4. The van der Waals surface area contributed by atoms with Crippen molar-refractivity contribution in [3.8, 4) is 5.75 Å². The molecule has 1 aromatic rings. The van der Waals surface area contributed by atoms with Crippen LogP contribution < -0.4 is 11.1 Å². The van der Waals surface area contributed by atoms with Gasteiger partial charge < -0.3 is 25.8 Å². The molecule has 7 nitrogen and oxygen atoms in total. The van der Waals surface area contributed by atoms with Crippen molar-refractivity contribution < 1.29 is 19.4 Å². The fraction of sp³-hybridized carbons (Fsp3) is 0.385. The van der Waals surface area contributed by atoms with Crippen LogP contribution >= 0.6 is 0 Å². The lowest BCUT2D eigenvalue weighted by Gasteiger charge is -2.34. The first-order valence-electron chi connectivity index (χ1n) is 6.24. The molecule has 20 heavy (non-hydrogen) atoms. The van der Waals surface area contributed by atoms with Crippen LogP contribution in [0.3, 0.4) is 0 Å². The first-order chi connectivity index (χ1) is 9.56. The number of likely N-dealkylation sites (N-methyl/N-ethyl adjacent to an activating group) is 1. The maximum atomic E-state index is 12.5. The summed E-state index contributed by atoms with van der Waals surface area (Å²) in [4.78, 5) is 25.7. The third-order valence-electron chi connectivity index (χ3n) is 3.24. The molecule has 0 spiro atoms. The molecule has 1 aromatic carbocycles. The van der Waals surface area contributed by atoms with E-state index >= 15 is 0 Å². The summed E-state index contributed by atoms with van der Waals surface area (Å²) >= 11 is 0. The van der Waals surface area contributed by atoms with E-state index in [9.17, 15) is 14.7 Å². The predicted octanol–water partition coefficient (Wildman–Crippen LogP) is -0.439. The van der Waals surface area contributed by atoms with Crippen molar-refractivity contribution in [2.45, 2.75) is 6.04 Å². The molecule has 0 bridgehead atoms. The predicted molar refractivity (Wildman–Crippen MR) is 72.2 cm³/mol. The number of ether oxygens (including phenoxy) is 1. The van der Waals surface area contributed by atoms with Crippen LogP contribution in [0.1, 0.15) is 10.4 Å². The minimum Gasteiger partial charge on any atom is -0.505 e. The number of benzene rings is 1. The Morgan fingerprint density at radius 2 is 2.25 bits per heavy atom. The fourth-order valence-corrected chi connectivity index (χ4v) is 2.12. The summed E-state index contributed by atoms with van der Waals surface area (Å²) in [6.45, 7) is 0.766. The van der Waals surface area contributed by atoms with Crippen molar-refractivity contribution in [1.29, 1.82) is 0 Å². The normalized spacial score (nSPS) is 18.6. The third kappa shape index (κ3) is 2.53. The van der Waals surface area contributed by atoms with Gasteiger partial charge in [0.1, 0.15) is 6.04 Å². The van der Waals surface area contributed by atoms with Crippen LogP contribution in [0.15, 0.2) is 18.2 Å². The van der Waals surface area contributed by atoms with Crippen molar-refractivity contribution in [3.05, 3.63) is 23.8 Å². The average Bonchev–Trinajstić information content (AvgIpc) is 2.48. The molecule has 1 unspecified atom stereocenters. The number of anilines is 1. The van der Waals surface area contributed by atoms with Gasteiger partial charge in [0.2, 0.25) is 5.91 Å². The molecule has 4 N–H and O–H groups in total. The van der Waals surface area contributed by atoms with Crippen LogP contribution in [-0.2, 0) is 9.53 Å². The molecule has 1 aliphatic heterocycles. The molecule has 2 amide bonds. The van der Waals surface area contributed by atoms with Gasteiger partial charge in [-0.05, 0) is 12.1 Å². The van der Waals surface area contributed by atoms with Gasteiger partial charge in [-0.15, -0.1) is 0 Å². The first-order valence-corrected chi connectivity index (χ1v) is 6.24. The summed E-state index contributed by atoms with van der Waals surface area (Å²) in [6.07, 6.45) is 0. The topological polar surface area (TPSA) is 105 Å². The number of phenolic OH excluding ortho intramolecular Hbond substituents is 1. The van der Waals surface area contributed by atoms with Gasteiger partial charge >= 0.3 is 0 Å². The Balaban J connectivity index is 2.30. The SMILES string of the molecule is CNC(=O)C1COCCN1C(=O)c1cccc(N)c1O. The van der Waals surface area contributed by atoms with E-state index in [4.69, 9.17) is 10.5 Å². The lowest BCUT2D eigenvalue weighted by Crippen LogP contribution is -2.55. The monoisotopic (exact) mass is 279 g/mol. The number of phenols is 1. The van der Waals surface area contributed by atoms with E-state index in [-0.39, 0.29) is 36.1 Å². The minimum atomic E-state index is -0.706. The summed E-state index contributed by atoms with van der Waals surface area (Å²) in [5.41, 5.74) is 5.79. The van der Waals surface area contributed by atoms with Crippen LogP contribution in [0.25, 0.3) is 0 Å². The maximum Gasteiger partial charge on any atom is 0.258 e. The second-order valence-electron chi connectivity index (χ2n) is 4.45. The number of hydrogen-bond acceptors (Lipinski definition) is 5. The van der Waals surface area contributed by atoms with Crippen molar-refractivity contribution in [1.82, 2.24) is 10.2 Å². The lowest BCUT2D eigenvalue weighted by molar-refractivity contribution is -0.130. The maximum absolute atomic E-state index is 12.5. The second kappa shape index (κ2) is 5.79. The molecule has 2 rings (SSSR count). The second-order valence-corrected chi connectivity index (χ2v) is 4.45. The van der Waals surface area contributed by atoms with E-state index in [1.807, 2.05) is 0 Å². The summed E-state index contributed by atoms with van der Waals surface area (Å²) in [5.74, 6) is -1.01.